The molecule has 0 atom stereocenters. The van der Waals surface area contributed by atoms with Gasteiger partial charge in [0.25, 0.3) is 0 Å². The highest BCUT2D eigenvalue weighted by Crippen LogP contribution is 2.49. The van der Waals surface area contributed by atoms with Crippen LogP contribution in [0.2, 0.25) is 0 Å². The van der Waals surface area contributed by atoms with Crippen LogP contribution < -0.4 is 0 Å². The molecule has 3 heteroatoms. The average molecular weight is 877 g/mol. The summed E-state index contributed by atoms with van der Waals surface area (Å²) in [6, 6.07) is 79.0. The maximum atomic E-state index is 7.13. The van der Waals surface area contributed by atoms with Crippen molar-refractivity contribution < 1.29 is 13.3 Å². The van der Waals surface area contributed by atoms with E-state index in [1.807, 2.05) is 0 Å². The third-order valence-electron chi connectivity index (χ3n) is 14.9. The van der Waals surface area contributed by atoms with Crippen molar-refractivity contribution in [3.63, 3.8) is 0 Å². The molecule has 3 aromatic heterocycles. The maximum absolute atomic E-state index is 7.13. The normalized spacial score (nSPS) is 12.3. The van der Waals surface area contributed by atoms with Crippen LogP contribution in [0, 0.1) is 0 Å². The molecule has 0 saturated carbocycles. The monoisotopic (exact) mass is 876 g/mol. The van der Waals surface area contributed by atoms with Crippen molar-refractivity contribution in [3.8, 4) is 33.4 Å². The molecule has 16 rings (SSSR count). The fraction of sp³-hybridized carbons (Fsp3) is 0. The molecule has 16 aromatic rings. The highest BCUT2D eigenvalue weighted by atomic mass is 16.3. The first-order valence-corrected chi connectivity index (χ1v) is 23.6. The first-order chi connectivity index (χ1) is 34.2. The zero-order chi connectivity index (χ0) is 44.9. The van der Waals surface area contributed by atoms with E-state index in [0.717, 1.165) is 126 Å². The Kier molecular flexibility index (Phi) is 7.34. The van der Waals surface area contributed by atoms with Crippen LogP contribution in [0.5, 0.6) is 0 Å². The second-order valence-electron chi connectivity index (χ2n) is 18.7. The summed E-state index contributed by atoms with van der Waals surface area (Å²) in [6.45, 7) is 0. The Hall–Kier alpha value is -9.18. The van der Waals surface area contributed by atoms with Crippen molar-refractivity contribution in [1.29, 1.82) is 0 Å². The van der Waals surface area contributed by atoms with Crippen molar-refractivity contribution in [1.82, 2.24) is 0 Å². The van der Waals surface area contributed by atoms with Crippen molar-refractivity contribution in [2.24, 2.45) is 0 Å². The summed E-state index contributed by atoms with van der Waals surface area (Å²) in [6.07, 6.45) is 0. The largest absolute Gasteiger partial charge is 0.455 e. The van der Waals surface area contributed by atoms with Crippen LogP contribution in [0.25, 0.3) is 164 Å². The van der Waals surface area contributed by atoms with Crippen LogP contribution in [0.3, 0.4) is 0 Å². The number of furan rings is 3. The van der Waals surface area contributed by atoms with E-state index < -0.39 is 0 Å². The minimum Gasteiger partial charge on any atom is -0.455 e. The topological polar surface area (TPSA) is 39.4 Å². The minimum absolute atomic E-state index is 0.861. The van der Waals surface area contributed by atoms with Crippen molar-refractivity contribution in [3.05, 3.63) is 218 Å². The van der Waals surface area contributed by atoms with Gasteiger partial charge < -0.3 is 13.3 Å². The molecule has 0 fully saturated rings. The van der Waals surface area contributed by atoms with Gasteiger partial charge in [-0.2, -0.15) is 0 Å². The molecule has 0 N–H and O–H groups in total. The molecule has 0 aliphatic heterocycles. The molecule has 0 amide bonds. The predicted molar refractivity (Wildman–Crippen MR) is 290 cm³/mol. The smallest absolute Gasteiger partial charge is 0.143 e. The van der Waals surface area contributed by atoms with Gasteiger partial charge in [0.1, 0.15) is 33.5 Å². The highest BCUT2D eigenvalue weighted by Gasteiger charge is 2.24. The lowest BCUT2D eigenvalue weighted by atomic mass is 9.88. The van der Waals surface area contributed by atoms with Gasteiger partial charge in [0.05, 0.1) is 0 Å². The second kappa shape index (κ2) is 13.7. The number of hydrogen-bond acceptors (Lipinski definition) is 3. The van der Waals surface area contributed by atoms with Gasteiger partial charge in [0.15, 0.2) is 0 Å². The predicted octanol–water partition coefficient (Wildman–Crippen LogP) is 19.3. The Morgan fingerprint density at radius 2 is 0.536 bits per heavy atom. The van der Waals surface area contributed by atoms with Crippen molar-refractivity contribution in [2.75, 3.05) is 0 Å². The summed E-state index contributed by atoms with van der Waals surface area (Å²) < 4.78 is 21.4. The van der Waals surface area contributed by atoms with E-state index in [9.17, 15) is 0 Å². The van der Waals surface area contributed by atoms with Gasteiger partial charge in [-0.05, 0) is 142 Å². The summed E-state index contributed by atoms with van der Waals surface area (Å²) in [7, 11) is 0. The summed E-state index contributed by atoms with van der Waals surface area (Å²) in [5.41, 5.74) is 11.4. The third kappa shape index (κ3) is 5.22. The van der Waals surface area contributed by atoms with Crippen LogP contribution in [0.15, 0.2) is 232 Å². The van der Waals surface area contributed by atoms with Crippen LogP contribution in [-0.4, -0.2) is 0 Å². The van der Waals surface area contributed by atoms with E-state index >= 15 is 0 Å². The molecule has 0 bridgehead atoms. The van der Waals surface area contributed by atoms with Crippen LogP contribution in [-0.2, 0) is 0 Å². The lowest BCUT2D eigenvalue weighted by Gasteiger charge is -2.15. The third-order valence-corrected chi connectivity index (χ3v) is 14.9. The van der Waals surface area contributed by atoms with E-state index in [0.29, 0.717) is 0 Å². The SMILES string of the molecule is c1ccc2cc3c(cc2c1)oc1c(-c2cc(-c4cc5ccccc5c5c4oc4ccc6ccccc6c45)cc(-c4cc5ccccc5c5c4oc4ccc6ccccc6c45)c2)cc2ccccc2c13. The number of rotatable bonds is 3. The van der Waals surface area contributed by atoms with Gasteiger partial charge >= 0.3 is 0 Å². The van der Waals surface area contributed by atoms with E-state index in [-0.39, 0.29) is 0 Å². The van der Waals surface area contributed by atoms with Crippen LogP contribution >= 0.6 is 0 Å². The summed E-state index contributed by atoms with van der Waals surface area (Å²) in [5.74, 6) is 0. The molecule has 0 aliphatic rings. The minimum atomic E-state index is 0.861. The lowest BCUT2D eigenvalue weighted by Crippen LogP contribution is -1.90. The Morgan fingerprint density at radius 1 is 0.203 bits per heavy atom. The highest BCUT2D eigenvalue weighted by molar-refractivity contribution is 6.31. The maximum Gasteiger partial charge on any atom is 0.143 e. The molecule has 0 saturated heterocycles. The van der Waals surface area contributed by atoms with Crippen LogP contribution in [0.1, 0.15) is 0 Å². The molecule has 3 heterocycles. The van der Waals surface area contributed by atoms with Crippen molar-refractivity contribution >= 4 is 130 Å². The van der Waals surface area contributed by atoms with Crippen molar-refractivity contribution in [2.45, 2.75) is 0 Å². The molecule has 0 aliphatic carbocycles. The molecule has 13 aromatic carbocycles. The van der Waals surface area contributed by atoms with E-state index in [4.69, 9.17) is 13.3 Å². The molecular weight excluding hydrogens is 841 g/mol. The fourth-order valence-corrected chi connectivity index (χ4v) is 11.8. The quantitative estimate of drug-likeness (QED) is 0.178. The fourth-order valence-electron chi connectivity index (χ4n) is 11.8. The summed E-state index contributed by atoms with van der Waals surface area (Å²) in [5, 5.41) is 20.7. The Labute approximate surface area is 393 Å². The van der Waals surface area contributed by atoms with E-state index in [2.05, 4.69) is 218 Å². The number of benzene rings is 13. The molecule has 3 nitrogen and oxygen atoms in total. The van der Waals surface area contributed by atoms with E-state index in [1.54, 1.807) is 0 Å². The van der Waals surface area contributed by atoms with E-state index in [1.165, 1.54) is 37.7 Å². The first kappa shape index (κ1) is 37.0. The van der Waals surface area contributed by atoms with Gasteiger partial charge in [-0.3, -0.25) is 0 Å². The molecule has 0 spiro atoms. The zero-order valence-corrected chi connectivity index (χ0v) is 37.0. The molecule has 0 radical (unpaired) electrons. The summed E-state index contributed by atoms with van der Waals surface area (Å²) >= 11 is 0. The van der Waals surface area contributed by atoms with Gasteiger partial charge in [-0.15, -0.1) is 0 Å². The van der Waals surface area contributed by atoms with Gasteiger partial charge in [-0.25, -0.2) is 0 Å². The standard InChI is InChI=1S/C66H36O3/c1-2-16-40-36-58-55(32-39(40)15-1)59-49-22-10-5-17-41(49)33-52(64(59)69-58)44-29-45(53-34-42-18-6-11-23-50(42)62-60-47-20-8-3-13-37(47)25-27-56(60)67-65(53)62)31-46(30-44)54-35-43-19-7-12-24-51(43)63-61-48-21-9-4-14-38(48)26-28-57(61)68-66(54)63/h1-36H. The summed E-state index contributed by atoms with van der Waals surface area (Å²) in [4.78, 5) is 0. The molecule has 0 unspecified atom stereocenters. The molecule has 318 valence electrons. The number of fused-ring (bicyclic) bond motifs is 20. The van der Waals surface area contributed by atoms with Gasteiger partial charge in [0, 0.05) is 49.0 Å². The molecule has 69 heavy (non-hydrogen) atoms. The Balaban J connectivity index is 1.07. The first-order valence-electron chi connectivity index (χ1n) is 23.6. The Morgan fingerprint density at radius 3 is 0.986 bits per heavy atom. The lowest BCUT2D eigenvalue weighted by molar-refractivity contribution is 0.670. The van der Waals surface area contributed by atoms with Gasteiger partial charge in [-0.1, -0.05) is 158 Å². The van der Waals surface area contributed by atoms with Gasteiger partial charge in [0.2, 0.25) is 0 Å². The molecular formula is C66H36O3. The average Bonchev–Trinajstić information content (AvgIpc) is 4.12. The second-order valence-corrected chi connectivity index (χ2v) is 18.7. The zero-order valence-electron chi connectivity index (χ0n) is 37.0. The van der Waals surface area contributed by atoms with Crippen LogP contribution in [0.4, 0.5) is 0 Å². The Bertz CT molecular complexity index is 4690. The number of hydrogen-bond donors (Lipinski definition) is 0.